The van der Waals surface area contributed by atoms with Crippen LogP contribution in [0.2, 0.25) is 5.15 Å². The third-order valence-electron chi connectivity index (χ3n) is 2.48. The van der Waals surface area contributed by atoms with Gasteiger partial charge in [0.2, 0.25) is 0 Å². The predicted octanol–water partition coefficient (Wildman–Crippen LogP) is 2.81. The highest BCUT2D eigenvalue weighted by molar-refractivity contribution is 6.32. The summed E-state index contributed by atoms with van der Waals surface area (Å²) in [5.41, 5.74) is -0.459. The van der Waals surface area contributed by atoms with Crippen LogP contribution in [0, 0.1) is 0 Å². The molecule has 0 aliphatic carbocycles. The van der Waals surface area contributed by atoms with Gasteiger partial charge < -0.3 is 19.5 Å². The smallest absolute Gasteiger partial charge is 0.407 e. The van der Waals surface area contributed by atoms with E-state index in [-0.39, 0.29) is 23.4 Å². The molecule has 1 rings (SSSR count). The summed E-state index contributed by atoms with van der Waals surface area (Å²) in [6.45, 7) is 7.27. The molecule has 1 atom stereocenters. The number of halogens is 1. The fourth-order valence-electron chi connectivity index (χ4n) is 1.53. The second-order valence-corrected chi connectivity index (χ2v) is 6.22. The topological polar surface area (TPSA) is 86.8 Å². The van der Waals surface area contributed by atoms with Gasteiger partial charge in [-0.25, -0.2) is 14.6 Å². The Balaban J connectivity index is 2.58. The molecule has 0 spiro atoms. The van der Waals surface area contributed by atoms with Crippen molar-refractivity contribution in [1.29, 1.82) is 0 Å². The molecule has 0 aromatic carbocycles. The summed E-state index contributed by atoms with van der Waals surface area (Å²) in [4.78, 5) is 27.0. The van der Waals surface area contributed by atoms with Gasteiger partial charge in [-0.05, 0) is 33.8 Å². The second-order valence-electron chi connectivity index (χ2n) is 5.86. The van der Waals surface area contributed by atoms with E-state index in [2.05, 4.69) is 15.0 Å². The zero-order valence-corrected chi connectivity index (χ0v) is 14.6. The maximum absolute atomic E-state index is 11.6. The first kappa shape index (κ1) is 19.0. The minimum absolute atomic E-state index is 0.0316. The van der Waals surface area contributed by atoms with Gasteiger partial charge in [0.1, 0.15) is 28.7 Å². The van der Waals surface area contributed by atoms with E-state index < -0.39 is 17.7 Å². The van der Waals surface area contributed by atoms with Gasteiger partial charge in [-0.3, -0.25) is 0 Å². The molecular weight excluding hydrogens is 324 g/mol. The molecule has 0 bridgehead atoms. The zero-order valence-electron chi connectivity index (χ0n) is 13.8. The van der Waals surface area contributed by atoms with Crippen LogP contribution in [0.4, 0.5) is 4.79 Å². The van der Waals surface area contributed by atoms with E-state index in [9.17, 15) is 9.59 Å². The van der Waals surface area contributed by atoms with Crippen molar-refractivity contribution in [1.82, 2.24) is 10.3 Å². The van der Waals surface area contributed by atoms with Gasteiger partial charge in [-0.15, -0.1) is 0 Å². The third-order valence-corrected chi connectivity index (χ3v) is 2.78. The average Bonchev–Trinajstić information content (AvgIpc) is 2.43. The fourth-order valence-corrected chi connectivity index (χ4v) is 1.71. The van der Waals surface area contributed by atoms with Crippen LogP contribution in [0.15, 0.2) is 12.3 Å². The summed E-state index contributed by atoms with van der Waals surface area (Å²) in [5, 5.41) is 2.67. The molecule has 23 heavy (non-hydrogen) atoms. The summed E-state index contributed by atoms with van der Waals surface area (Å²) in [6, 6.07) is 1.13. The predicted molar refractivity (Wildman–Crippen MR) is 84.9 cm³/mol. The van der Waals surface area contributed by atoms with E-state index in [4.69, 9.17) is 21.1 Å². The Morgan fingerprint density at radius 2 is 2.04 bits per heavy atom. The van der Waals surface area contributed by atoms with Gasteiger partial charge in [0.15, 0.2) is 0 Å². The molecule has 1 N–H and O–H groups in total. The number of hydrogen-bond acceptors (Lipinski definition) is 6. The molecule has 0 saturated carbocycles. The molecule has 0 aliphatic heterocycles. The Kier molecular flexibility index (Phi) is 6.62. The first-order chi connectivity index (χ1) is 10.6. The van der Waals surface area contributed by atoms with E-state index in [0.717, 1.165) is 0 Å². The lowest BCUT2D eigenvalue weighted by Gasteiger charge is -2.22. The van der Waals surface area contributed by atoms with Gasteiger partial charge in [0.05, 0.1) is 19.3 Å². The number of methoxy groups -OCH3 is 1. The number of aromatic nitrogens is 1. The van der Waals surface area contributed by atoms with E-state index in [1.54, 1.807) is 27.7 Å². The van der Waals surface area contributed by atoms with Gasteiger partial charge in [-0.1, -0.05) is 11.6 Å². The van der Waals surface area contributed by atoms with Crippen molar-refractivity contribution in [3.63, 3.8) is 0 Å². The molecule has 1 heterocycles. The average molecular weight is 345 g/mol. The number of carbonyl (C=O) groups excluding carboxylic acids is 2. The summed E-state index contributed by atoms with van der Waals surface area (Å²) in [7, 11) is 1.25. The highest BCUT2D eigenvalue weighted by Crippen LogP contribution is 2.20. The molecule has 7 nitrogen and oxygen atoms in total. The lowest BCUT2D eigenvalue weighted by molar-refractivity contribution is 0.0493. The molecular formula is C15H21ClN2O5. The number of esters is 1. The molecule has 128 valence electrons. The minimum atomic E-state index is -0.604. The lowest BCUT2D eigenvalue weighted by atomic mass is 10.2. The van der Waals surface area contributed by atoms with Gasteiger partial charge in [0, 0.05) is 0 Å². The summed E-state index contributed by atoms with van der Waals surface area (Å²) in [6.07, 6.45) is 0.854. The van der Waals surface area contributed by atoms with Gasteiger partial charge in [-0.2, -0.15) is 0 Å². The van der Waals surface area contributed by atoms with Crippen molar-refractivity contribution in [2.45, 2.75) is 39.3 Å². The molecule has 8 heteroatoms. The molecule has 0 aliphatic rings. The van der Waals surface area contributed by atoms with Crippen LogP contribution in [0.3, 0.4) is 0 Å². The summed E-state index contributed by atoms with van der Waals surface area (Å²) >= 11 is 5.82. The number of alkyl carbamates (subject to hydrolysis) is 1. The Morgan fingerprint density at radius 1 is 1.39 bits per heavy atom. The van der Waals surface area contributed by atoms with E-state index in [1.165, 1.54) is 19.4 Å². The van der Waals surface area contributed by atoms with E-state index in [1.807, 2.05) is 0 Å². The number of hydrogen-bond donors (Lipinski definition) is 1. The Hall–Kier alpha value is -2.02. The Labute approximate surface area is 140 Å². The second kappa shape index (κ2) is 8.01. The van der Waals surface area contributed by atoms with Crippen LogP contribution in [0.5, 0.6) is 5.75 Å². The van der Waals surface area contributed by atoms with Crippen LogP contribution in [0.1, 0.15) is 38.1 Å². The van der Waals surface area contributed by atoms with E-state index in [0.29, 0.717) is 5.75 Å². The highest BCUT2D eigenvalue weighted by atomic mass is 35.5. The van der Waals surface area contributed by atoms with Gasteiger partial charge in [0.25, 0.3) is 0 Å². The van der Waals surface area contributed by atoms with Crippen LogP contribution < -0.4 is 10.1 Å². The number of rotatable bonds is 5. The highest BCUT2D eigenvalue weighted by Gasteiger charge is 2.18. The lowest BCUT2D eigenvalue weighted by Crippen LogP contribution is -2.40. The molecule has 1 amide bonds. The number of ether oxygens (including phenoxy) is 3. The van der Waals surface area contributed by atoms with E-state index >= 15 is 0 Å². The molecule has 1 aromatic heterocycles. The van der Waals surface area contributed by atoms with Crippen LogP contribution >= 0.6 is 11.6 Å². The van der Waals surface area contributed by atoms with Gasteiger partial charge >= 0.3 is 12.1 Å². The number of nitrogens with zero attached hydrogens (tertiary/aromatic N) is 1. The minimum Gasteiger partial charge on any atom is -0.490 e. The molecule has 0 unspecified atom stereocenters. The van der Waals surface area contributed by atoms with Crippen LogP contribution in [-0.2, 0) is 9.47 Å². The first-order valence-corrected chi connectivity index (χ1v) is 7.36. The van der Waals surface area contributed by atoms with Crippen LogP contribution in [-0.4, -0.2) is 42.4 Å². The fraction of sp³-hybridized carbons (Fsp3) is 0.533. The van der Waals surface area contributed by atoms with Crippen molar-refractivity contribution in [3.05, 3.63) is 23.0 Å². The maximum atomic E-state index is 11.6. The van der Waals surface area contributed by atoms with Crippen molar-refractivity contribution in [2.24, 2.45) is 0 Å². The molecule has 0 fully saturated rings. The SMILES string of the molecule is COC(=O)c1cc(OC[C@H](C)NC(=O)OC(C)(C)C)cnc1Cl. The summed E-state index contributed by atoms with van der Waals surface area (Å²) in [5.74, 6) is -0.263. The standard InChI is InChI=1S/C15H21ClN2O5/c1-9(18-14(20)23-15(2,3)4)8-22-10-6-11(13(19)21-5)12(16)17-7-10/h6-7,9H,8H2,1-5H3,(H,18,20)/t9-/m0/s1. The first-order valence-electron chi connectivity index (χ1n) is 6.98. The van der Waals surface area contributed by atoms with Crippen molar-refractivity contribution in [3.8, 4) is 5.75 Å². The Morgan fingerprint density at radius 3 is 2.61 bits per heavy atom. The zero-order chi connectivity index (χ0) is 17.6. The van der Waals surface area contributed by atoms with Crippen LogP contribution in [0.25, 0.3) is 0 Å². The molecule has 1 aromatic rings. The quantitative estimate of drug-likeness (QED) is 0.653. The summed E-state index contributed by atoms with van der Waals surface area (Å²) < 4.78 is 15.2. The van der Waals surface area contributed by atoms with Crippen molar-refractivity contribution >= 4 is 23.7 Å². The number of amides is 1. The molecule has 0 saturated heterocycles. The van der Waals surface area contributed by atoms with Crippen molar-refractivity contribution in [2.75, 3.05) is 13.7 Å². The Bertz CT molecular complexity index is 571. The third kappa shape index (κ3) is 6.73. The normalized spacial score (nSPS) is 12.3. The monoisotopic (exact) mass is 344 g/mol. The molecule has 0 radical (unpaired) electrons. The number of carbonyl (C=O) groups is 2. The number of pyridine rings is 1. The maximum Gasteiger partial charge on any atom is 0.407 e. The number of nitrogens with one attached hydrogen (secondary N) is 1. The largest absolute Gasteiger partial charge is 0.490 e. The van der Waals surface area contributed by atoms with Crippen molar-refractivity contribution < 1.29 is 23.8 Å².